The van der Waals surface area contributed by atoms with Crippen molar-refractivity contribution < 1.29 is 4.79 Å². The van der Waals surface area contributed by atoms with Crippen molar-refractivity contribution in [3.05, 3.63) is 64.4 Å². The summed E-state index contributed by atoms with van der Waals surface area (Å²) in [4.78, 5) is 39.3. The molecular formula is C25H29N5O2. The number of rotatable bonds is 3. The van der Waals surface area contributed by atoms with Crippen LogP contribution in [-0.2, 0) is 0 Å². The predicted molar refractivity (Wildman–Crippen MR) is 128 cm³/mol. The maximum Gasteiger partial charge on any atom is 0.260 e. The van der Waals surface area contributed by atoms with E-state index in [2.05, 4.69) is 27.0 Å². The number of aromatic amines is 1. The van der Waals surface area contributed by atoms with Gasteiger partial charge in [0.15, 0.2) is 0 Å². The number of para-hydroxylation sites is 1. The van der Waals surface area contributed by atoms with Crippen LogP contribution in [0.25, 0.3) is 10.9 Å². The normalized spacial score (nSPS) is 17.4. The lowest BCUT2D eigenvalue weighted by atomic mass is 10.1. The summed E-state index contributed by atoms with van der Waals surface area (Å²) in [7, 11) is 0. The number of H-pyrrole nitrogens is 1. The zero-order valence-corrected chi connectivity index (χ0v) is 18.3. The second kappa shape index (κ2) is 9.02. The molecule has 0 unspecified atom stereocenters. The van der Waals surface area contributed by atoms with E-state index in [0.717, 1.165) is 18.7 Å². The average molecular weight is 432 g/mol. The molecule has 1 aromatic heterocycles. The van der Waals surface area contributed by atoms with Gasteiger partial charge in [0, 0.05) is 50.5 Å². The summed E-state index contributed by atoms with van der Waals surface area (Å²) in [5.41, 5.74) is 2.50. The SMILES string of the molecule is O=C(c1ccc(N2CCCCCC2)cc1)N1CCN(c2nc3ccccc3c(=O)[nH]2)CC1. The number of aromatic nitrogens is 2. The van der Waals surface area contributed by atoms with Crippen molar-refractivity contribution >= 4 is 28.4 Å². The smallest absolute Gasteiger partial charge is 0.260 e. The van der Waals surface area contributed by atoms with Crippen molar-refractivity contribution in [2.45, 2.75) is 25.7 Å². The van der Waals surface area contributed by atoms with Crippen molar-refractivity contribution in [3.8, 4) is 0 Å². The fraction of sp³-hybridized carbons (Fsp3) is 0.400. The first-order valence-electron chi connectivity index (χ1n) is 11.6. The van der Waals surface area contributed by atoms with Crippen molar-refractivity contribution in [1.29, 1.82) is 0 Å². The molecule has 2 aromatic carbocycles. The molecule has 0 saturated carbocycles. The van der Waals surface area contributed by atoms with Crippen LogP contribution in [-0.4, -0.2) is 60.0 Å². The van der Waals surface area contributed by atoms with Gasteiger partial charge in [0.1, 0.15) is 0 Å². The number of fused-ring (bicyclic) bond motifs is 1. The number of anilines is 2. The first kappa shape index (κ1) is 20.5. The van der Waals surface area contributed by atoms with Gasteiger partial charge in [-0.05, 0) is 49.2 Å². The van der Waals surface area contributed by atoms with E-state index in [1.807, 2.05) is 40.1 Å². The van der Waals surface area contributed by atoms with Gasteiger partial charge in [-0.1, -0.05) is 25.0 Å². The van der Waals surface area contributed by atoms with Crippen molar-refractivity contribution in [1.82, 2.24) is 14.9 Å². The molecule has 1 amide bonds. The van der Waals surface area contributed by atoms with Crippen LogP contribution in [0.5, 0.6) is 0 Å². The summed E-state index contributed by atoms with van der Waals surface area (Å²) in [5.74, 6) is 0.634. The van der Waals surface area contributed by atoms with E-state index in [0.29, 0.717) is 43.0 Å². The van der Waals surface area contributed by atoms with E-state index in [4.69, 9.17) is 0 Å². The lowest BCUT2D eigenvalue weighted by Gasteiger charge is -2.35. The molecule has 0 spiro atoms. The molecule has 2 aliphatic rings. The summed E-state index contributed by atoms with van der Waals surface area (Å²) in [5, 5.41) is 0.591. The lowest BCUT2D eigenvalue weighted by Crippen LogP contribution is -2.49. The highest BCUT2D eigenvalue weighted by Gasteiger charge is 2.24. The highest BCUT2D eigenvalue weighted by Crippen LogP contribution is 2.21. The number of carbonyl (C=O) groups excluding carboxylic acids is 1. The zero-order valence-electron chi connectivity index (χ0n) is 18.3. The van der Waals surface area contributed by atoms with Gasteiger partial charge in [-0.25, -0.2) is 4.98 Å². The Labute approximate surface area is 187 Å². The average Bonchev–Trinajstić information content (AvgIpc) is 3.14. The second-order valence-electron chi connectivity index (χ2n) is 8.63. The predicted octanol–water partition coefficient (Wildman–Crippen LogP) is 3.27. The number of carbonyl (C=O) groups is 1. The van der Waals surface area contributed by atoms with Crippen LogP contribution in [0.15, 0.2) is 53.3 Å². The number of piperazine rings is 1. The molecule has 7 heteroatoms. The minimum Gasteiger partial charge on any atom is -0.372 e. The topological polar surface area (TPSA) is 72.5 Å². The molecule has 2 aliphatic heterocycles. The molecule has 3 aromatic rings. The number of nitrogens with zero attached hydrogens (tertiary/aromatic N) is 4. The van der Waals surface area contributed by atoms with Crippen LogP contribution in [0.2, 0.25) is 0 Å². The third-order valence-electron chi connectivity index (χ3n) is 6.55. The summed E-state index contributed by atoms with van der Waals surface area (Å²) in [6, 6.07) is 15.4. The first-order valence-corrected chi connectivity index (χ1v) is 11.6. The summed E-state index contributed by atoms with van der Waals surface area (Å²) in [6.07, 6.45) is 5.09. The van der Waals surface area contributed by atoms with Gasteiger partial charge in [0.25, 0.3) is 11.5 Å². The minimum absolute atomic E-state index is 0.0621. The summed E-state index contributed by atoms with van der Waals surface area (Å²) in [6.45, 7) is 4.67. The van der Waals surface area contributed by atoms with E-state index < -0.39 is 0 Å². The summed E-state index contributed by atoms with van der Waals surface area (Å²) < 4.78 is 0. The Morgan fingerprint density at radius 3 is 2.19 bits per heavy atom. The van der Waals surface area contributed by atoms with Gasteiger partial charge < -0.3 is 14.7 Å². The van der Waals surface area contributed by atoms with E-state index >= 15 is 0 Å². The van der Waals surface area contributed by atoms with Gasteiger partial charge in [0.05, 0.1) is 10.9 Å². The summed E-state index contributed by atoms with van der Waals surface area (Å²) >= 11 is 0. The van der Waals surface area contributed by atoms with Crippen LogP contribution < -0.4 is 15.4 Å². The van der Waals surface area contributed by atoms with E-state index in [1.165, 1.54) is 31.4 Å². The Morgan fingerprint density at radius 2 is 1.47 bits per heavy atom. The molecule has 0 aliphatic carbocycles. The van der Waals surface area contributed by atoms with E-state index in [-0.39, 0.29) is 11.5 Å². The van der Waals surface area contributed by atoms with Crippen LogP contribution in [0.4, 0.5) is 11.6 Å². The van der Waals surface area contributed by atoms with Gasteiger partial charge in [-0.2, -0.15) is 0 Å². The van der Waals surface area contributed by atoms with Gasteiger partial charge in [0.2, 0.25) is 5.95 Å². The molecule has 2 fully saturated rings. The number of hydrogen-bond acceptors (Lipinski definition) is 5. The van der Waals surface area contributed by atoms with Crippen LogP contribution in [0, 0.1) is 0 Å². The van der Waals surface area contributed by atoms with Gasteiger partial charge >= 0.3 is 0 Å². The molecular weight excluding hydrogens is 402 g/mol. The Hall–Kier alpha value is -3.35. The fourth-order valence-corrected chi connectivity index (χ4v) is 4.67. The molecule has 0 bridgehead atoms. The minimum atomic E-state index is -0.131. The lowest BCUT2D eigenvalue weighted by molar-refractivity contribution is 0.0746. The van der Waals surface area contributed by atoms with Crippen molar-refractivity contribution in [3.63, 3.8) is 0 Å². The Bertz CT molecular complexity index is 1140. The highest BCUT2D eigenvalue weighted by molar-refractivity contribution is 5.94. The molecule has 1 N–H and O–H groups in total. The maximum absolute atomic E-state index is 13.0. The van der Waals surface area contributed by atoms with Crippen molar-refractivity contribution in [2.24, 2.45) is 0 Å². The van der Waals surface area contributed by atoms with Gasteiger partial charge in [-0.3, -0.25) is 14.6 Å². The van der Waals surface area contributed by atoms with E-state index in [9.17, 15) is 9.59 Å². The quantitative estimate of drug-likeness (QED) is 0.689. The Balaban J connectivity index is 1.23. The van der Waals surface area contributed by atoms with Gasteiger partial charge in [-0.15, -0.1) is 0 Å². The molecule has 0 atom stereocenters. The molecule has 2 saturated heterocycles. The number of hydrogen-bond donors (Lipinski definition) is 1. The molecule has 3 heterocycles. The third-order valence-corrected chi connectivity index (χ3v) is 6.55. The molecule has 166 valence electrons. The first-order chi connectivity index (χ1) is 15.7. The zero-order chi connectivity index (χ0) is 21.9. The monoisotopic (exact) mass is 431 g/mol. The Morgan fingerprint density at radius 1 is 0.781 bits per heavy atom. The number of benzene rings is 2. The maximum atomic E-state index is 13.0. The third kappa shape index (κ3) is 4.20. The largest absolute Gasteiger partial charge is 0.372 e. The van der Waals surface area contributed by atoms with Crippen LogP contribution in [0.3, 0.4) is 0 Å². The Kier molecular flexibility index (Phi) is 5.79. The van der Waals surface area contributed by atoms with Crippen LogP contribution in [0.1, 0.15) is 36.0 Å². The van der Waals surface area contributed by atoms with E-state index in [1.54, 1.807) is 6.07 Å². The highest BCUT2D eigenvalue weighted by atomic mass is 16.2. The molecule has 7 nitrogen and oxygen atoms in total. The molecule has 32 heavy (non-hydrogen) atoms. The standard InChI is InChI=1S/C25H29N5O2/c31-23-21-7-3-4-8-22(21)26-25(27-23)30-17-15-29(16-18-30)24(32)19-9-11-20(12-10-19)28-13-5-1-2-6-14-28/h3-4,7-12H,1-2,5-6,13-18H2,(H,26,27,31). The fourth-order valence-electron chi connectivity index (χ4n) is 4.67. The number of nitrogens with one attached hydrogen (secondary N) is 1. The van der Waals surface area contributed by atoms with Crippen LogP contribution >= 0.6 is 0 Å². The second-order valence-corrected chi connectivity index (χ2v) is 8.63. The molecule has 5 rings (SSSR count). The van der Waals surface area contributed by atoms with Crippen molar-refractivity contribution in [2.75, 3.05) is 49.1 Å². The number of amides is 1. The molecule has 0 radical (unpaired) electrons.